The molecule has 50 heavy (non-hydrogen) atoms. The molecule has 2 amide bonds. The fourth-order valence-electron chi connectivity index (χ4n) is 5.44. The van der Waals surface area contributed by atoms with Crippen LogP contribution in [0.2, 0.25) is 0 Å². The van der Waals surface area contributed by atoms with Crippen molar-refractivity contribution < 1.29 is 38.9 Å². The van der Waals surface area contributed by atoms with Crippen molar-refractivity contribution in [1.82, 2.24) is 10.6 Å². The largest absolute Gasteiger partial charge is 0.507 e. The van der Waals surface area contributed by atoms with Crippen LogP contribution in [0.5, 0.6) is 11.5 Å². The smallest absolute Gasteiger partial charge is 0.417 e. The number of esters is 2. The molecule has 0 fully saturated rings. The van der Waals surface area contributed by atoms with E-state index in [9.17, 15) is 29.4 Å². The molecular formula is C40H60N2O8. The third-order valence-electron chi connectivity index (χ3n) is 8.33. The Kier molecular flexibility index (Phi) is 14.1. The fourth-order valence-corrected chi connectivity index (χ4v) is 5.44. The second kappa shape index (κ2) is 16.8. The van der Waals surface area contributed by atoms with E-state index in [2.05, 4.69) is 10.6 Å². The average molecular weight is 697 g/mol. The van der Waals surface area contributed by atoms with E-state index in [4.69, 9.17) is 9.47 Å². The van der Waals surface area contributed by atoms with E-state index in [-0.39, 0.29) is 84.1 Å². The lowest BCUT2D eigenvalue weighted by Gasteiger charge is -2.28. The van der Waals surface area contributed by atoms with Crippen LogP contribution in [0.1, 0.15) is 129 Å². The maximum atomic E-state index is 12.5. The van der Waals surface area contributed by atoms with Crippen molar-refractivity contribution in [3.05, 3.63) is 57.6 Å². The topological polar surface area (TPSA) is 151 Å². The molecule has 0 aromatic heterocycles. The first kappa shape index (κ1) is 42.1. The lowest BCUT2D eigenvalue weighted by atomic mass is 9.78. The number of nitrogens with one attached hydrogen (secondary N) is 2. The van der Waals surface area contributed by atoms with Gasteiger partial charge in [-0.05, 0) is 67.9 Å². The number of phenolic OH excluding ortho intramolecular Hbond substituents is 2. The highest BCUT2D eigenvalue weighted by molar-refractivity contribution is 6.29. The number of aryl methyl sites for hydroxylation is 2. The Bertz CT molecular complexity index is 1350. The molecule has 4 N–H and O–H groups in total. The first-order chi connectivity index (χ1) is 22.8. The summed E-state index contributed by atoms with van der Waals surface area (Å²) in [6, 6.07) is 7.77. The van der Waals surface area contributed by atoms with E-state index in [1.807, 2.05) is 107 Å². The van der Waals surface area contributed by atoms with Gasteiger partial charge in [0.15, 0.2) is 0 Å². The Labute approximate surface area is 298 Å². The van der Waals surface area contributed by atoms with Crippen molar-refractivity contribution in [2.24, 2.45) is 0 Å². The van der Waals surface area contributed by atoms with Gasteiger partial charge in [-0.1, -0.05) is 107 Å². The highest BCUT2D eigenvalue weighted by Gasteiger charge is 2.28. The van der Waals surface area contributed by atoms with Gasteiger partial charge in [-0.3, -0.25) is 9.59 Å². The predicted molar refractivity (Wildman–Crippen MR) is 196 cm³/mol. The van der Waals surface area contributed by atoms with Gasteiger partial charge in [0.05, 0.1) is 13.1 Å². The molecule has 2 aromatic carbocycles. The number of phenols is 2. The third-order valence-corrected chi connectivity index (χ3v) is 8.33. The quantitative estimate of drug-likeness (QED) is 0.117. The fraction of sp³-hybridized carbons (Fsp3) is 0.600. The minimum Gasteiger partial charge on any atom is -0.507 e. The van der Waals surface area contributed by atoms with Gasteiger partial charge in [-0.25, -0.2) is 9.59 Å². The van der Waals surface area contributed by atoms with Gasteiger partial charge in [0.25, 0.3) is 0 Å². The van der Waals surface area contributed by atoms with Crippen LogP contribution in [0, 0.1) is 0 Å². The predicted octanol–water partition coefficient (Wildman–Crippen LogP) is 6.17. The summed E-state index contributed by atoms with van der Waals surface area (Å²) in [6.07, 6.45) is 1.33. The zero-order valence-electron chi connectivity index (χ0n) is 32.3. The van der Waals surface area contributed by atoms with Crippen LogP contribution in [-0.4, -0.2) is 60.3 Å². The number of ether oxygens (including phenoxy) is 2. The molecule has 10 heteroatoms. The third kappa shape index (κ3) is 12.7. The summed E-state index contributed by atoms with van der Waals surface area (Å²) >= 11 is 0. The summed E-state index contributed by atoms with van der Waals surface area (Å²) in [7, 11) is 0. The number of hydrogen-bond donors (Lipinski definition) is 4. The first-order valence-electron chi connectivity index (χ1n) is 17.4. The van der Waals surface area contributed by atoms with Gasteiger partial charge < -0.3 is 30.3 Å². The molecular weight excluding hydrogens is 636 g/mol. The Morgan fingerprint density at radius 2 is 0.780 bits per heavy atom. The van der Waals surface area contributed by atoms with Crippen LogP contribution in [0.4, 0.5) is 0 Å². The van der Waals surface area contributed by atoms with Gasteiger partial charge in [0.2, 0.25) is 11.8 Å². The maximum Gasteiger partial charge on any atom is 0.417 e. The SMILES string of the molecule is CC(C)(C)c1cc(CCC(=O)NCCOC(=O)C(=O)OCCNC(=O)CCc2cc(C(C)(C)C)c(O)c(C(C)(C)C)c2)cc(C(C)(C)C)c1O. The molecule has 0 radical (unpaired) electrons. The van der Waals surface area contributed by atoms with E-state index >= 15 is 0 Å². The van der Waals surface area contributed by atoms with Crippen LogP contribution < -0.4 is 10.6 Å². The highest BCUT2D eigenvalue weighted by atomic mass is 16.6. The standard InChI is InChI=1S/C40H60N2O8/c1-37(2,3)27-21-25(22-28(33(27)45)38(4,5)6)13-15-31(43)41-17-19-49-35(47)36(48)50-20-18-42-32(44)16-14-26-23-29(39(7,8)9)34(46)30(24-26)40(10,11)12/h21-24,45-46H,13-20H2,1-12H3,(H,41,43)(H,42,44). The molecule has 0 aliphatic carbocycles. The van der Waals surface area contributed by atoms with Crippen molar-refractivity contribution >= 4 is 23.8 Å². The molecule has 0 aliphatic heterocycles. The van der Waals surface area contributed by atoms with Gasteiger partial charge in [0.1, 0.15) is 24.7 Å². The zero-order valence-corrected chi connectivity index (χ0v) is 32.3. The highest BCUT2D eigenvalue weighted by Crippen LogP contribution is 2.41. The van der Waals surface area contributed by atoms with E-state index < -0.39 is 11.9 Å². The molecule has 0 atom stereocenters. The number of carbonyl (C=O) groups is 4. The maximum absolute atomic E-state index is 12.5. The van der Waals surface area contributed by atoms with Crippen molar-refractivity contribution in [2.45, 2.75) is 130 Å². The Morgan fingerprint density at radius 1 is 0.520 bits per heavy atom. The normalized spacial score (nSPS) is 12.3. The molecule has 0 saturated carbocycles. The van der Waals surface area contributed by atoms with Crippen molar-refractivity contribution in [3.8, 4) is 11.5 Å². The van der Waals surface area contributed by atoms with Gasteiger partial charge >= 0.3 is 11.9 Å². The second-order valence-electron chi connectivity index (χ2n) is 17.1. The number of benzene rings is 2. The van der Waals surface area contributed by atoms with Crippen LogP contribution >= 0.6 is 0 Å². The number of carbonyl (C=O) groups excluding carboxylic acids is 4. The summed E-state index contributed by atoms with van der Waals surface area (Å²) in [6.45, 7) is 24.1. The molecule has 0 saturated heterocycles. The number of rotatable bonds is 12. The molecule has 0 bridgehead atoms. The Hall–Kier alpha value is -4.08. The summed E-state index contributed by atoms with van der Waals surface area (Å²) in [5, 5.41) is 27.2. The molecule has 278 valence electrons. The monoisotopic (exact) mass is 696 g/mol. The Morgan fingerprint density at radius 3 is 1.02 bits per heavy atom. The number of aromatic hydroxyl groups is 2. The van der Waals surface area contributed by atoms with Crippen molar-refractivity contribution in [1.29, 1.82) is 0 Å². The molecule has 0 heterocycles. The molecule has 2 aromatic rings. The molecule has 2 rings (SSSR count). The molecule has 0 spiro atoms. The minimum atomic E-state index is -1.18. The van der Waals surface area contributed by atoms with E-state index in [1.165, 1.54) is 0 Å². The second-order valence-corrected chi connectivity index (χ2v) is 17.1. The van der Waals surface area contributed by atoms with Gasteiger partial charge in [-0.2, -0.15) is 0 Å². The van der Waals surface area contributed by atoms with E-state index in [1.54, 1.807) is 0 Å². The number of amides is 2. The van der Waals surface area contributed by atoms with Gasteiger partial charge in [0, 0.05) is 12.8 Å². The molecule has 10 nitrogen and oxygen atoms in total. The average Bonchev–Trinajstić information content (AvgIpc) is 2.97. The summed E-state index contributed by atoms with van der Waals surface area (Å²) < 4.78 is 9.83. The van der Waals surface area contributed by atoms with Crippen LogP contribution in [-0.2, 0) is 63.2 Å². The first-order valence-corrected chi connectivity index (χ1v) is 17.4. The van der Waals surface area contributed by atoms with Crippen LogP contribution in [0.25, 0.3) is 0 Å². The molecule has 0 unspecified atom stereocenters. The Balaban J connectivity index is 1.74. The summed E-state index contributed by atoms with van der Waals surface area (Å²) in [5.74, 6) is -2.27. The number of hydrogen-bond acceptors (Lipinski definition) is 8. The van der Waals surface area contributed by atoms with Crippen molar-refractivity contribution in [2.75, 3.05) is 26.3 Å². The summed E-state index contributed by atoms with van der Waals surface area (Å²) in [5.41, 5.74) is 4.12. The zero-order chi connectivity index (χ0) is 38.2. The molecule has 0 aliphatic rings. The van der Waals surface area contributed by atoms with Crippen LogP contribution in [0.3, 0.4) is 0 Å². The summed E-state index contributed by atoms with van der Waals surface area (Å²) in [4.78, 5) is 49.0. The van der Waals surface area contributed by atoms with E-state index in [0.717, 1.165) is 33.4 Å². The minimum absolute atomic E-state index is 0.0273. The van der Waals surface area contributed by atoms with E-state index in [0.29, 0.717) is 12.8 Å². The lowest BCUT2D eigenvalue weighted by molar-refractivity contribution is -0.167. The van der Waals surface area contributed by atoms with Gasteiger partial charge in [-0.15, -0.1) is 0 Å². The van der Waals surface area contributed by atoms with Crippen LogP contribution in [0.15, 0.2) is 24.3 Å². The lowest BCUT2D eigenvalue weighted by Crippen LogP contribution is -2.32. The van der Waals surface area contributed by atoms with Crippen molar-refractivity contribution in [3.63, 3.8) is 0 Å².